The predicted molar refractivity (Wildman–Crippen MR) is 168 cm³/mol. The van der Waals surface area contributed by atoms with Gasteiger partial charge in [0.2, 0.25) is 0 Å². The summed E-state index contributed by atoms with van der Waals surface area (Å²) in [6.45, 7) is 5.81. The minimum absolute atomic E-state index is 0.110. The number of nitrogens with two attached hydrogens (primary N) is 1. The molecule has 3 fully saturated rings. The van der Waals surface area contributed by atoms with Crippen LogP contribution in [0.15, 0.2) is 12.1 Å². The summed E-state index contributed by atoms with van der Waals surface area (Å²) in [5.41, 5.74) is 6.45. The first-order chi connectivity index (χ1) is 21.2. The molecule has 1 aliphatic carbocycles. The molecule has 3 aliphatic rings. The molecule has 4 heterocycles. The summed E-state index contributed by atoms with van der Waals surface area (Å²) < 4.78 is 4.74. The average molecular weight is 649 g/mol. The Morgan fingerprint density at radius 1 is 1.05 bits per heavy atom. The fraction of sp³-hybridized carbons (Fsp3) is 0.586. The molecule has 13 nitrogen and oxygen atoms in total. The first-order valence-corrected chi connectivity index (χ1v) is 15.8. The molecule has 4 N–H and O–H groups in total. The third kappa shape index (κ3) is 7.44. The Hall–Kier alpha value is -3.42. The van der Waals surface area contributed by atoms with Crippen LogP contribution in [0.2, 0.25) is 10.3 Å². The number of nitrogens with zero attached hydrogens (tertiary/aromatic N) is 6. The first-order valence-electron chi connectivity index (χ1n) is 15.1. The van der Waals surface area contributed by atoms with Gasteiger partial charge in [-0.05, 0) is 44.2 Å². The number of aromatic nitrogens is 3. The van der Waals surface area contributed by atoms with E-state index < -0.39 is 0 Å². The Morgan fingerprint density at radius 2 is 1.80 bits per heavy atom. The van der Waals surface area contributed by atoms with E-state index in [9.17, 15) is 14.4 Å². The number of likely N-dealkylation sites (tertiary alicyclic amines) is 1. The number of carbonyl (C=O) groups excluding carboxylic acids is 3. The minimum atomic E-state index is -0.369. The molecule has 2 aromatic heterocycles. The summed E-state index contributed by atoms with van der Waals surface area (Å²) >= 11 is 12.6. The number of piperazine rings is 1. The number of ether oxygens (including phenoxy) is 1. The number of nitrogen functional groups attached to an aromatic ring is 1. The van der Waals surface area contributed by atoms with Crippen molar-refractivity contribution in [1.29, 1.82) is 0 Å². The summed E-state index contributed by atoms with van der Waals surface area (Å²) in [6, 6.07) is 3.92. The van der Waals surface area contributed by atoms with E-state index in [2.05, 4.69) is 37.3 Å². The van der Waals surface area contributed by atoms with Gasteiger partial charge in [0.05, 0.1) is 19.1 Å². The number of hydrogen-bond donors (Lipinski definition) is 3. The quantitative estimate of drug-likeness (QED) is 0.257. The summed E-state index contributed by atoms with van der Waals surface area (Å²) in [6.07, 6.45) is 4.60. The smallest absolute Gasteiger partial charge is 0.307 e. The van der Waals surface area contributed by atoms with Gasteiger partial charge in [0.25, 0.3) is 11.8 Å². The number of carbonyl (C=O) groups is 3. The largest absolute Gasteiger partial charge is 0.469 e. The van der Waals surface area contributed by atoms with Gasteiger partial charge in [-0.2, -0.15) is 0 Å². The average Bonchev–Trinajstić information content (AvgIpc) is 3.85. The maximum atomic E-state index is 13.1. The number of rotatable bonds is 10. The van der Waals surface area contributed by atoms with Crippen molar-refractivity contribution < 1.29 is 19.1 Å². The molecular formula is C29H39Cl2N9O4. The SMILES string of the molecule is CC[C@H]1CN(c2nc(NCCC(=O)OC)c(C(=O)NC3CC3)nc2Cl)CCN1C1CCN(C(=O)c2ccc(Cl)nc2N)CC1. The normalized spacial score (nSPS) is 19.5. The van der Waals surface area contributed by atoms with Crippen molar-refractivity contribution in [2.24, 2.45) is 0 Å². The van der Waals surface area contributed by atoms with Crippen molar-refractivity contribution in [2.75, 3.05) is 62.3 Å². The van der Waals surface area contributed by atoms with Crippen LogP contribution in [0.3, 0.4) is 0 Å². The van der Waals surface area contributed by atoms with E-state index in [-0.39, 0.29) is 70.5 Å². The van der Waals surface area contributed by atoms with E-state index in [4.69, 9.17) is 38.7 Å². The van der Waals surface area contributed by atoms with Crippen LogP contribution in [-0.4, -0.2) is 107 Å². The highest BCUT2D eigenvalue weighted by atomic mass is 35.5. The highest BCUT2D eigenvalue weighted by Crippen LogP contribution is 2.31. The standard InChI is InChI=1S/C29H39Cl2N9O4/c1-3-18-16-39(14-15-40(18)19-9-12-38(13-10-19)29(43)20-6-7-21(30)35-25(20)32)27-24(31)36-23(28(42)34-17-4-5-17)26(37-27)33-11-8-22(41)44-2/h6-7,17-19H,3-5,8-16H2,1-2H3,(H2,32,35)(H,33,37)(H,34,42)/t18-/m0/s1. The zero-order valence-electron chi connectivity index (χ0n) is 25.0. The number of anilines is 3. The molecule has 15 heteroatoms. The van der Waals surface area contributed by atoms with E-state index in [0.717, 1.165) is 38.6 Å². The van der Waals surface area contributed by atoms with E-state index in [1.54, 1.807) is 12.1 Å². The Balaban J connectivity index is 1.25. The second-order valence-corrected chi connectivity index (χ2v) is 12.1. The minimum Gasteiger partial charge on any atom is -0.469 e. The highest BCUT2D eigenvalue weighted by Gasteiger charge is 2.36. The molecule has 1 atom stereocenters. The lowest BCUT2D eigenvalue weighted by atomic mass is 9.97. The summed E-state index contributed by atoms with van der Waals surface area (Å²) in [4.78, 5) is 57.4. The summed E-state index contributed by atoms with van der Waals surface area (Å²) in [5.74, 6) is 0.0998. The molecule has 2 amide bonds. The summed E-state index contributed by atoms with van der Waals surface area (Å²) in [7, 11) is 1.33. The van der Waals surface area contributed by atoms with Gasteiger partial charge < -0.3 is 30.9 Å². The number of halogens is 2. The van der Waals surface area contributed by atoms with E-state index in [1.165, 1.54) is 7.11 Å². The Labute approximate surface area is 266 Å². The van der Waals surface area contributed by atoms with Crippen LogP contribution in [0.5, 0.6) is 0 Å². The molecule has 5 rings (SSSR count). The van der Waals surface area contributed by atoms with Crippen LogP contribution in [0.4, 0.5) is 17.5 Å². The van der Waals surface area contributed by atoms with Crippen LogP contribution >= 0.6 is 23.2 Å². The molecule has 1 saturated carbocycles. The van der Waals surface area contributed by atoms with Gasteiger partial charge in [-0.3, -0.25) is 19.3 Å². The molecule has 2 aromatic rings. The van der Waals surface area contributed by atoms with Crippen LogP contribution in [0.1, 0.15) is 66.3 Å². The molecule has 0 spiro atoms. The van der Waals surface area contributed by atoms with Gasteiger partial charge in [-0.1, -0.05) is 30.1 Å². The number of amides is 2. The van der Waals surface area contributed by atoms with Gasteiger partial charge in [0, 0.05) is 57.4 Å². The Bertz CT molecular complexity index is 1380. The van der Waals surface area contributed by atoms with Gasteiger partial charge >= 0.3 is 5.97 Å². The molecule has 0 radical (unpaired) electrons. The Morgan fingerprint density at radius 3 is 2.45 bits per heavy atom. The second kappa shape index (κ2) is 14.1. The lowest BCUT2D eigenvalue weighted by molar-refractivity contribution is -0.140. The fourth-order valence-electron chi connectivity index (χ4n) is 5.86. The third-order valence-corrected chi connectivity index (χ3v) is 8.92. The lowest BCUT2D eigenvalue weighted by Gasteiger charge is -2.47. The Kier molecular flexibility index (Phi) is 10.3. The van der Waals surface area contributed by atoms with Crippen LogP contribution in [0.25, 0.3) is 0 Å². The van der Waals surface area contributed by atoms with Crippen LogP contribution < -0.4 is 21.3 Å². The number of esters is 1. The van der Waals surface area contributed by atoms with Crippen molar-refractivity contribution in [3.05, 3.63) is 33.7 Å². The number of piperidine rings is 1. The van der Waals surface area contributed by atoms with Crippen molar-refractivity contribution in [3.8, 4) is 0 Å². The van der Waals surface area contributed by atoms with E-state index in [1.807, 2.05) is 4.90 Å². The number of pyridine rings is 1. The van der Waals surface area contributed by atoms with Gasteiger partial charge in [-0.15, -0.1) is 0 Å². The molecule has 2 saturated heterocycles. The van der Waals surface area contributed by atoms with Gasteiger partial charge in [0.15, 0.2) is 22.5 Å². The van der Waals surface area contributed by atoms with Gasteiger partial charge in [0.1, 0.15) is 11.0 Å². The van der Waals surface area contributed by atoms with Gasteiger partial charge in [-0.25, -0.2) is 15.0 Å². The zero-order valence-corrected chi connectivity index (χ0v) is 26.5. The van der Waals surface area contributed by atoms with Crippen molar-refractivity contribution in [3.63, 3.8) is 0 Å². The van der Waals surface area contributed by atoms with E-state index in [0.29, 0.717) is 43.6 Å². The van der Waals surface area contributed by atoms with Crippen LogP contribution in [-0.2, 0) is 9.53 Å². The molecule has 0 unspecified atom stereocenters. The maximum absolute atomic E-state index is 13.1. The monoisotopic (exact) mass is 647 g/mol. The molecule has 2 aliphatic heterocycles. The van der Waals surface area contributed by atoms with Crippen molar-refractivity contribution in [1.82, 2.24) is 30.1 Å². The number of nitrogens with one attached hydrogen (secondary N) is 2. The highest BCUT2D eigenvalue weighted by molar-refractivity contribution is 6.32. The van der Waals surface area contributed by atoms with Crippen molar-refractivity contribution in [2.45, 2.75) is 63.6 Å². The lowest BCUT2D eigenvalue weighted by Crippen LogP contribution is -2.58. The molecule has 238 valence electrons. The third-order valence-electron chi connectivity index (χ3n) is 8.45. The number of hydrogen-bond acceptors (Lipinski definition) is 11. The molecule has 0 bridgehead atoms. The zero-order chi connectivity index (χ0) is 31.4. The topological polar surface area (TPSA) is 159 Å². The van der Waals surface area contributed by atoms with Crippen LogP contribution in [0, 0.1) is 0 Å². The molecule has 44 heavy (non-hydrogen) atoms. The molecule has 0 aromatic carbocycles. The second-order valence-electron chi connectivity index (χ2n) is 11.4. The first kappa shape index (κ1) is 32.0. The number of methoxy groups -OCH3 is 1. The predicted octanol–water partition coefficient (Wildman–Crippen LogP) is 2.83. The fourth-order valence-corrected chi connectivity index (χ4v) is 6.26. The van der Waals surface area contributed by atoms with E-state index >= 15 is 0 Å². The van der Waals surface area contributed by atoms with Crippen molar-refractivity contribution >= 4 is 58.4 Å². The molecular weight excluding hydrogens is 609 g/mol. The summed E-state index contributed by atoms with van der Waals surface area (Å²) in [5, 5.41) is 6.46. The maximum Gasteiger partial charge on any atom is 0.307 e.